The molecule has 3 rings (SSSR count). The van der Waals surface area contributed by atoms with E-state index in [9.17, 15) is 13.2 Å². The number of ether oxygens (including phenoxy) is 2. The van der Waals surface area contributed by atoms with Gasteiger partial charge in [-0.05, 0) is 49.5 Å². The molecule has 1 aliphatic rings. The number of hydrogen-bond acceptors (Lipinski definition) is 4. The van der Waals surface area contributed by atoms with Gasteiger partial charge in [0, 0.05) is 29.3 Å². The molecular weight excluding hydrogens is 387 g/mol. The number of alkyl halides is 3. The SMILES string of the molecule is CCCCN1CCC(c2cccs2)C(COc2cccc(OC(F)(F)F)c2)C1. The molecular formula is C21H26F3NO2S. The molecule has 0 amide bonds. The molecule has 154 valence electrons. The number of halogens is 3. The van der Waals surface area contributed by atoms with Crippen LogP contribution in [0.1, 0.15) is 37.0 Å². The molecule has 7 heteroatoms. The van der Waals surface area contributed by atoms with E-state index < -0.39 is 6.36 Å². The molecule has 2 aromatic rings. The summed E-state index contributed by atoms with van der Waals surface area (Å²) < 4.78 is 47.2. The Hall–Kier alpha value is -1.73. The molecule has 1 saturated heterocycles. The number of benzene rings is 1. The van der Waals surface area contributed by atoms with Crippen molar-refractivity contribution in [1.82, 2.24) is 4.90 Å². The highest BCUT2D eigenvalue weighted by molar-refractivity contribution is 7.10. The number of rotatable bonds is 8. The van der Waals surface area contributed by atoms with Crippen LogP contribution in [0.25, 0.3) is 0 Å². The summed E-state index contributed by atoms with van der Waals surface area (Å²) in [5.74, 6) is 0.870. The molecule has 3 nitrogen and oxygen atoms in total. The van der Waals surface area contributed by atoms with Crippen LogP contribution in [-0.4, -0.2) is 37.5 Å². The topological polar surface area (TPSA) is 21.7 Å². The highest BCUT2D eigenvalue weighted by Gasteiger charge is 2.32. The van der Waals surface area contributed by atoms with Crippen molar-refractivity contribution in [3.05, 3.63) is 46.7 Å². The van der Waals surface area contributed by atoms with Crippen molar-refractivity contribution in [2.75, 3.05) is 26.2 Å². The second-order valence-electron chi connectivity index (χ2n) is 7.16. The zero-order valence-corrected chi connectivity index (χ0v) is 16.8. The smallest absolute Gasteiger partial charge is 0.493 e. The molecule has 0 N–H and O–H groups in total. The minimum atomic E-state index is -4.70. The highest BCUT2D eigenvalue weighted by Crippen LogP contribution is 2.36. The second-order valence-corrected chi connectivity index (χ2v) is 8.14. The standard InChI is InChI=1S/C21H26F3NO2S/c1-2-3-10-25-11-9-19(20-8-5-12-28-20)16(14-25)15-26-17-6-4-7-18(13-17)27-21(22,23)24/h4-8,12-13,16,19H,2-3,9-11,14-15H2,1H3. The lowest BCUT2D eigenvalue weighted by atomic mass is 9.84. The summed E-state index contributed by atoms with van der Waals surface area (Å²) in [7, 11) is 0. The predicted molar refractivity (Wildman–Crippen MR) is 105 cm³/mol. The summed E-state index contributed by atoms with van der Waals surface area (Å²) in [5, 5.41) is 2.09. The Kier molecular flexibility index (Phi) is 7.24. The van der Waals surface area contributed by atoms with Crippen molar-refractivity contribution in [3.8, 4) is 11.5 Å². The molecule has 0 aliphatic carbocycles. The molecule has 1 aromatic carbocycles. The van der Waals surface area contributed by atoms with E-state index in [-0.39, 0.29) is 5.75 Å². The minimum Gasteiger partial charge on any atom is -0.493 e. The van der Waals surface area contributed by atoms with E-state index in [0.29, 0.717) is 24.2 Å². The summed E-state index contributed by atoms with van der Waals surface area (Å²) in [6.45, 7) is 5.77. The van der Waals surface area contributed by atoms with Crippen molar-refractivity contribution >= 4 is 11.3 Å². The maximum Gasteiger partial charge on any atom is 0.573 e. The summed E-state index contributed by atoms with van der Waals surface area (Å²) in [6, 6.07) is 10.00. The zero-order valence-electron chi connectivity index (χ0n) is 16.0. The molecule has 1 aliphatic heterocycles. The number of thiophene rings is 1. The Morgan fingerprint density at radius 2 is 2.00 bits per heavy atom. The molecule has 0 saturated carbocycles. The lowest BCUT2D eigenvalue weighted by Crippen LogP contribution is -2.42. The van der Waals surface area contributed by atoms with Gasteiger partial charge in [0.25, 0.3) is 0 Å². The number of likely N-dealkylation sites (tertiary alicyclic amines) is 1. The van der Waals surface area contributed by atoms with Crippen LogP contribution < -0.4 is 9.47 Å². The number of hydrogen-bond donors (Lipinski definition) is 0. The van der Waals surface area contributed by atoms with Gasteiger partial charge in [0.05, 0.1) is 6.61 Å². The van der Waals surface area contributed by atoms with Gasteiger partial charge in [-0.15, -0.1) is 24.5 Å². The van der Waals surface area contributed by atoms with Gasteiger partial charge in [-0.25, -0.2) is 0 Å². The third-order valence-corrected chi connectivity index (χ3v) is 6.06. The summed E-state index contributed by atoms with van der Waals surface area (Å²) in [6.07, 6.45) is -1.28. The normalized spacial score (nSPS) is 20.9. The average molecular weight is 414 g/mol. The number of unbranched alkanes of at least 4 members (excludes halogenated alkanes) is 1. The van der Waals surface area contributed by atoms with E-state index in [0.717, 1.165) is 32.5 Å². The first-order valence-electron chi connectivity index (χ1n) is 9.69. The van der Waals surface area contributed by atoms with E-state index in [1.165, 1.54) is 29.5 Å². The molecule has 0 bridgehead atoms. The van der Waals surface area contributed by atoms with Crippen molar-refractivity contribution < 1.29 is 22.6 Å². The fourth-order valence-electron chi connectivity index (χ4n) is 3.70. The van der Waals surface area contributed by atoms with E-state index in [2.05, 4.69) is 34.1 Å². The van der Waals surface area contributed by atoms with Crippen molar-refractivity contribution in [3.63, 3.8) is 0 Å². The molecule has 0 radical (unpaired) electrons. The molecule has 2 unspecified atom stereocenters. The molecule has 1 fully saturated rings. The predicted octanol–water partition coefficient (Wildman–Crippen LogP) is 5.93. The summed E-state index contributed by atoms with van der Waals surface area (Å²) in [5.41, 5.74) is 0. The van der Waals surface area contributed by atoms with Crippen LogP contribution in [0, 0.1) is 5.92 Å². The van der Waals surface area contributed by atoms with E-state index >= 15 is 0 Å². The molecule has 2 heterocycles. The maximum atomic E-state index is 12.4. The fraction of sp³-hybridized carbons (Fsp3) is 0.524. The third-order valence-electron chi connectivity index (χ3n) is 5.06. The zero-order chi connectivity index (χ0) is 20.0. The first kappa shape index (κ1) is 21.0. The van der Waals surface area contributed by atoms with E-state index in [4.69, 9.17) is 4.74 Å². The third kappa shape index (κ3) is 6.14. The first-order valence-corrected chi connectivity index (χ1v) is 10.6. The fourth-order valence-corrected chi connectivity index (χ4v) is 4.66. The monoisotopic (exact) mass is 413 g/mol. The quantitative estimate of drug-likeness (QED) is 0.535. The van der Waals surface area contributed by atoms with Crippen molar-refractivity contribution in [2.24, 2.45) is 5.92 Å². The second kappa shape index (κ2) is 9.65. The van der Waals surface area contributed by atoms with Crippen LogP contribution in [0.5, 0.6) is 11.5 Å². The van der Waals surface area contributed by atoms with Gasteiger partial charge in [0.2, 0.25) is 0 Å². The van der Waals surface area contributed by atoms with Crippen LogP contribution in [0.3, 0.4) is 0 Å². The lowest BCUT2D eigenvalue weighted by Gasteiger charge is -2.38. The van der Waals surface area contributed by atoms with Gasteiger partial charge in [0.15, 0.2) is 0 Å². The van der Waals surface area contributed by atoms with Gasteiger partial charge < -0.3 is 14.4 Å². The minimum absolute atomic E-state index is 0.256. The molecule has 0 spiro atoms. The summed E-state index contributed by atoms with van der Waals surface area (Å²) >= 11 is 1.76. The number of nitrogens with zero attached hydrogens (tertiary/aromatic N) is 1. The molecule has 2 atom stereocenters. The van der Waals surface area contributed by atoms with Gasteiger partial charge in [0.1, 0.15) is 11.5 Å². The number of piperidine rings is 1. The largest absolute Gasteiger partial charge is 0.573 e. The molecule has 1 aromatic heterocycles. The van der Waals surface area contributed by atoms with Crippen LogP contribution in [0.2, 0.25) is 0 Å². The maximum absolute atomic E-state index is 12.4. The Balaban J connectivity index is 1.65. The Morgan fingerprint density at radius 1 is 1.18 bits per heavy atom. The van der Waals surface area contributed by atoms with E-state index in [1.54, 1.807) is 17.4 Å². The van der Waals surface area contributed by atoms with Crippen LogP contribution in [-0.2, 0) is 0 Å². The first-order chi connectivity index (χ1) is 13.4. The Morgan fingerprint density at radius 3 is 2.71 bits per heavy atom. The summed E-state index contributed by atoms with van der Waals surface area (Å²) in [4.78, 5) is 3.84. The average Bonchev–Trinajstić information content (AvgIpc) is 3.18. The van der Waals surface area contributed by atoms with Crippen LogP contribution in [0.4, 0.5) is 13.2 Å². The Labute approximate surface area is 168 Å². The van der Waals surface area contributed by atoms with Crippen LogP contribution in [0.15, 0.2) is 41.8 Å². The van der Waals surface area contributed by atoms with E-state index in [1.807, 2.05) is 0 Å². The van der Waals surface area contributed by atoms with Crippen molar-refractivity contribution in [1.29, 1.82) is 0 Å². The van der Waals surface area contributed by atoms with Gasteiger partial charge >= 0.3 is 6.36 Å². The van der Waals surface area contributed by atoms with Crippen molar-refractivity contribution in [2.45, 2.75) is 38.5 Å². The molecule has 28 heavy (non-hydrogen) atoms. The van der Waals surface area contributed by atoms with Gasteiger partial charge in [-0.3, -0.25) is 0 Å². The van der Waals surface area contributed by atoms with Gasteiger partial charge in [-0.1, -0.05) is 25.5 Å². The lowest BCUT2D eigenvalue weighted by molar-refractivity contribution is -0.274. The Bertz CT molecular complexity index is 721. The highest BCUT2D eigenvalue weighted by atomic mass is 32.1. The van der Waals surface area contributed by atoms with Crippen LogP contribution >= 0.6 is 11.3 Å². The van der Waals surface area contributed by atoms with Gasteiger partial charge in [-0.2, -0.15) is 0 Å².